The van der Waals surface area contributed by atoms with Crippen LogP contribution in [-0.4, -0.2) is 37.8 Å². The minimum Gasteiger partial charge on any atom is -0.497 e. The van der Waals surface area contributed by atoms with Crippen LogP contribution in [0.1, 0.15) is 12.5 Å². The number of rotatable bonds is 5. The molecule has 0 spiro atoms. The normalized spacial score (nSPS) is 14.9. The van der Waals surface area contributed by atoms with E-state index in [-0.39, 0.29) is 5.91 Å². The van der Waals surface area contributed by atoms with Crippen LogP contribution in [0.5, 0.6) is 5.75 Å². The lowest BCUT2D eigenvalue weighted by atomic mass is 10.1. The summed E-state index contributed by atoms with van der Waals surface area (Å²) < 4.78 is 5.20. The summed E-state index contributed by atoms with van der Waals surface area (Å²) in [5.41, 5.74) is 5.08. The fraction of sp³-hybridized carbons (Fsp3) is 0.174. The molecule has 0 aliphatic carbocycles. The van der Waals surface area contributed by atoms with Crippen LogP contribution in [0.15, 0.2) is 64.6 Å². The van der Waals surface area contributed by atoms with Crippen LogP contribution < -0.4 is 14.6 Å². The van der Waals surface area contributed by atoms with Crippen LogP contribution >= 0.6 is 11.3 Å². The number of carbonyl (C=O) groups is 1. The lowest BCUT2D eigenvalue weighted by molar-refractivity contribution is -0.114. The monoisotopic (exact) mass is 418 g/mol. The number of carbonyl (C=O) groups excluding carboxylic acids is 1. The predicted octanol–water partition coefficient (Wildman–Crippen LogP) is 4.69. The summed E-state index contributed by atoms with van der Waals surface area (Å²) in [6.07, 6.45) is 1.87. The highest BCUT2D eigenvalue weighted by Crippen LogP contribution is 2.32. The standard InChI is InChI=1S/C23H22N4O2S/c1-15-20(13-16-5-9-18(10-6-16)26(2)3)22(28)27(25-15)23-24-21(14-30-23)17-7-11-19(29-4)12-8-17/h5-14H,1-4H3/b20-13+. The van der Waals surface area contributed by atoms with Crippen molar-refractivity contribution in [2.75, 3.05) is 31.1 Å². The Kier molecular flexibility index (Phi) is 5.37. The Hall–Kier alpha value is -3.45. The first-order valence-corrected chi connectivity index (χ1v) is 10.3. The van der Waals surface area contributed by atoms with Gasteiger partial charge in [0, 0.05) is 30.7 Å². The van der Waals surface area contributed by atoms with Crippen molar-refractivity contribution < 1.29 is 9.53 Å². The number of aromatic nitrogens is 1. The Balaban J connectivity index is 1.57. The minimum atomic E-state index is -0.167. The summed E-state index contributed by atoms with van der Waals surface area (Å²) in [5, 5.41) is 8.31. The number of hydrogen-bond acceptors (Lipinski definition) is 6. The van der Waals surface area contributed by atoms with E-state index in [1.165, 1.54) is 16.3 Å². The number of nitrogens with zero attached hydrogens (tertiary/aromatic N) is 4. The van der Waals surface area contributed by atoms with Gasteiger partial charge in [0.05, 0.1) is 24.1 Å². The van der Waals surface area contributed by atoms with E-state index >= 15 is 0 Å². The first-order chi connectivity index (χ1) is 14.5. The predicted molar refractivity (Wildman–Crippen MR) is 123 cm³/mol. The second-order valence-electron chi connectivity index (χ2n) is 7.09. The second-order valence-corrected chi connectivity index (χ2v) is 7.93. The third-order valence-electron chi connectivity index (χ3n) is 4.84. The number of thiazole rings is 1. The molecular formula is C23H22N4O2S. The molecule has 0 saturated carbocycles. The maximum absolute atomic E-state index is 13.0. The molecule has 0 bridgehead atoms. The Labute approximate surface area is 179 Å². The van der Waals surface area contributed by atoms with E-state index in [0.29, 0.717) is 16.4 Å². The summed E-state index contributed by atoms with van der Waals surface area (Å²) >= 11 is 1.39. The van der Waals surface area contributed by atoms with Crippen molar-refractivity contribution in [1.29, 1.82) is 0 Å². The van der Waals surface area contributed by atoms with Gasteiger partial charge in [0.2, 0.25) is 5.13 Å². The van der Waals surface area contributed by atoms with E-state index < -0.39 is 0 Å². The maximum Gasteiger partial charge on any atom is 0.282 e. The van der Waals surface area contributed by atoms with E-state index in [0.717, 1.165) is 28.3 Å². The molecule has 152 valence electrons. The average Bonchev–Trinajstić information content (AvgIpc) is 3.35. The molecule has 1 amide bonds. The molecule has 7 heteroatoms. The van der Waals surface area contributed by atoms with Crippen LogP contribution in [-0.2, 0) is 4.79 Å². The van der Waals surface area contributed by atoms with Crippen LogP contribution in [0.25, 0.3) is 17.3 Å². The van der Waals surface area contributed by atoms with Gasteiger partial charge in [-0.05, 0) is 55.0 Å². The number of ether oxygens (including phenoxy) is 1. The van der Waals surface area contributed by atoms with Gasteiger partial charge in [0.15, 0.2) is 0 Å². The number of methoxy groups -OCH3 is 1. The third-order valence-corrected chi connectivity index (χ3v) is 5.66. The summed E-state index contributed by atoms with van der Waals surface area (Å²) in [6.45, 7) is 1.84. The van der Waals surface area contributed by atoms with Gasteiger partial charge < -0.3 is 9.64 Å². The van der Waals surface area contributed by atoms with Gasteiger partial charge in [0.1, 0.15) is 5.75 Å². The first-order valence-electron chi connectivity index (χ1n) is 9.45. The quantitative estimate of drug-likeness (QED) is 0.564. The van der Waals surface area contributed by atoms with E-state index in [1.807, 2.05) is 85.9 Å². The lowest BCUT2D eigenvalue weighted by Gasteiger charge is -2.12. The zero-order valence-electron chi connectivity index (χ0n) is 17.3. The molecule has 0 fully saturated rings. The Morgan fingerprint density at radius 2 is 1.77 bits per heavy atom. The van der Waals surface area contributed by atoms with Crippen LogP contribution in [0.3, 0.4) is 0 Å². The Bertz CT molecular complexity index is 1130. The van der Waals surface area contributed by atoms with Crippen molar-refractivity contribution in [3.05, 3.63) is 65.0 Å². The molecule has 1 aliphatic heterocycles. The molecule has 0 N–H and O–H groups in total. The Morgan fingerprint density at radius 1 is 1.07 bits per heavy atom. The van der Waals surface area contributed by atoms with Crippen molar-refractivity contribution in [2.45, 2.75) is 6.92 Å². The number of hydrogen-bond donors (Lipinski definition) is 0. The van der Waals surface area contributed by atoms with Crippen molar-refractivity contribution in [3.8, 4) is 17.0 Å². The molecule has 2 aromatic carbocycles. The van der Waals surface area contributed by atoms with Crippen LogP contribution in [0, 0.1) is 0 Å². The fourth-order valence-electron chi connectivity index (χ4n) is 3.11. The van der Waals surface area contributed by atoms with E-state index in [9.17, 15) is 4.79 Å². The number of benzene rings is 2. The van der Waals surface area contributed by atoms with Crippen molar-refractivity contribution in [3.63, 3.8) is 0 Å². The molecule has 0 saturated heterocycles. The van der Waals surface area contributed by atoms with Gasteiger partial charge in [-0.3, -0.25) is 4.79 Å². The smallest absolute Gasteiger partial charge is 0.282 e. The van der Waals surface area contributed by atoms with Gasteiger partial charge >= 0.3 is 0 Å². The van der Waals surface area contributed by atoms with E-state index in [2.05, 4.69) is 10.1 Å². The highest BCUT2D eigenvalue weighted by atomic mass is 32.1. The summed E-state index contributed by atoms with van der Waals surface area (Å²) in [7, 11) is 5.63. The van der Waals surface area contributed by atoms with Crippen molar-refractivity contribution >= 4 is 39.9 Å². The van der Waals surface area contributed by atoms with Gasteiger partial charge in [-0.1, -0.05) is 12.1 Å². The van der Waals surface area contributed by atoms with Gasteiger partial charge in [-0.2, -0.15) is 10.1 Å². The molecular weight excluding hydrogens is 396 g/mol. The summed E-state index contributed by atoms with van der Waals surface area (Å²) in [5.74, 6) is 0.623. The lowest BCUT2D eigenvalue weighted by Crippen LogP contribution is -2.21. The fourth-order valence-corrected chi connectivity index (χ4v) is 3.89. The molecule has 1 aliphatic rings. The van der Waals surface area contributed by atoms with Crippen molar-refractivity contribution in [1.82, 2.24) is 4.98 Å². The van der Waals surface area contributed by atoms with Crippen LogP contribution in [0.2, 0.25) is 0 Å². The summed E-state index contributed by atoms with van der Waals surface area (Å²) in [4.78, 5) is 19.7. The van der Waals surface area contributed by atoms with E-state index in [1.54, 1.807) is 7.11 Å². The molecule has 6 nitrogen and oxygen atoms in total. The third kappa shape index (κ3) is 3.84. The molecule has 0 radical (unpaired) electrons. The van der Waals surface area contributed by atoms with Crippen LogP contribution in [0.4, 0.5) is 10.8 Å². The SMILES string of the molecule is COc1ccc(-c2csc(N3N=C(C)/C(=C\c4ccc(N(C)C)cc4)C3=O)n2)cc1. The minimum absolute atomic E-state index is 0.167. The first kappa shape index (κ1) is 19.8. The number of anilines is 2. The molecule has 4 rings (SSSR count). The highest BCUT2D eigenvalue weighted by Gasteiger charge is 2.30. The zero-order chi connectivity index (χ0) is 21.3. The topological polar surface area (TPSA) is 58.0 Å². The van der Waals surface area contributed by atoms with Gasteiger partial charge in [0.25, 0.3) is 5.91 Å². The number of amides is 1. The molecule has 3 aromatic rings. The highest BCUT2D eigenvalue weighted by molar-refractivity contribution is 7.14. The van der Waals surface area contributed by atoms with Gasteiger partial charge in [-0.15, -0.1) is 11.3 Å². The average molecular weight is 419 g/mol. The Morgan fingerprint density at radius 3 is 2.40 bits per heavy atom. The molecule has 2 heterocycles. The van der Waals surface area contributed by atoms with E-state index in [4.69, 9.17) is 4.74 Å². The molecule has 1 aromatic heterocycles. The zero-order valence-corrected chi connectivity index (χ0v) is 18.1. The maximum atomic E-state index is 13.0. The van der Waals surface area contributed by atoms with Gasteiger partial charge in [-0.25, -0.2) is 4.98 Å². The summed E-state index contributed by atoms with van der Waals surface area (Å²) in [6, 6.07) is 15.7. The second kappa shape index (κ2) is 8.12. The number of hydrazone groups is 1. The largest absolute Gasteiger partial charge is 0.497 e. The molecule has 0 unspecified atom stereocenters. The van der Waals surface area contributed by atoms with Crippen molar-refractivity contribution in [2.24, 2.45) is 5.10 Å². The molecule has 0 atom stereocenters. The molecule has 30 heavy (non-hydrogen) atoms.